The average Bonchev–Trinajstić information content (AvgIpc) is 2.67. The topological polar surface area (TPSA) is 102 Å². The number of aryl methyl sites for hydroxylation is 1. The molecule has 0 radical (unpaired) electrons. The van der Waals surface area contributed by atoms with Crippen molar-refractivity contribution in [1.29, 1.82) is 0 Å². The number of hydrogen-bond acceptors (Lipinski definition) is 7. The van der Waals surface area contributed by atoms with Gasteiger partial charge < -0.3 is 14.5 Å². The van der Waals surface area contributed by atoms with Gasteiger partial charge in [0.15, 0.2) is 0 Å². The Morgan fingerprint density at radius 3 is 2.52 bits per heavy atom. The van der Waals surface area contributed by atoms with Crippen LogP contribution in [0.3, 0.4) is 0 Å². The molecular weight excluding hydrogens is 374 g/mol. The molecule has 0 N–H and O–H groups in total. The van der Waals surface area contributed by atoms with E-state index in [1.54, 1.807) is 25.0 Å². The predicted octanol–water partition coefficient (Wildman–Crippen LogP) is 2.32. The van der Waals surface area contributed by atoms with Crippen molar-refractivity contribution in [2.45, 2.75) is 6.92 Å². The Balaban J connectivity index is 1.69. The van der Waals surface area contributed by atoms with Crippen LogP contribution in [0.25, 0.3) is 0 Å². The van der Waals surface area contributed by atoms with Crippen LogP contribution in [0, 0.1) is 17.0 Å². The number of anilines is 1. The second kappa shape index (κ2) is 7.75. The zero-order valence-electron chi connectivity index (χ0n) is 14.9. The number of amides is 1. The highest BCUT2D eigenvalue weighted by Crippen LogP contribution is 2.25. The summed E-state index contributed by atoms with van der Waals surface area (Å²) >= 11 is 6.07. The third kappa shape index (κ3) is 4.08. The minimum Gasteiger partial charge on any atom is -0.481 e. The van der Waals surface area contributed by atoms with Gasteiger partial charge >= 0.3 is 0 Å². The number of hydrogen-bond donors (Lipinski definition) is 0. The number of nitro groups is 1. The van der Waals surface area contributed by atoms with Crippen LogP contribution in [0.5, 0.6) is 5.88 Å². The van der Waals surface area contributed by atoms with Crippen LogP contribution in [0.15, 0.2) is 24.3 Å². The molecule has 1 aliphatic heterocycles. The van der Waals surface area contributed by atoms with E-state index in [1.165, 1.54) is 18.2 Å². The van der Waals surface area contributed by atoms with E-state index in [1.807, 2.05) is 0 Å². The van der Waals surface area contributed by atoms with Crippen molar-refractivity contribution in [1.82, 2.24) is 14.9 Å². The maximum Gasteiger partial charge on any atom is 0.270 e. The van der Waals surface area contributed by atoms with Crippen LogP contribution in [0.4, 0.5) is 11.5 Å². The highest BCUT2D eigenvalue weighted by molar-refractivity contribution is 6.34. The van der Waals surface area contributed by atoms with Crippen LogP contribution < -0.4 is 9.64 Å². The normalized spacial score (nSPS) is 14.2. The predicted molar refractivity (Wildman–Crippen MR) is 99.5 cm³/mol. The lowest BCUT2D eigenvalue weighted by atomic mass is 10.1. The van der Waals surface area contributed by atoms with Crippen molar-refractivity contribution in [3.63, 3.8) is 0 Å². The second-order valence-corrected chi connectivity index (χ2v) is 6.42. The number of carbonyl (C=O) groups excluding carboxylic acids is 1. The second-order valence-electron chi connectivity index (χ2n) is 6.02. The minimum atomic E-state index is -0.545. The first-order valence-corrected chi connectivity index (χ1v) is 8.64. The number of benzene rings is 1. The number of halogens is 1. The fraction of sp³-hybridized carbons (Fsp3) is 0.353. The van der Waals surface area contributed by atoms with Crippen molar-refractivity contribution in [2.24, 2.45) is 0 Å². The molecule has 9 nitrogen and oxygen atoms in total. The van der Waals surface area contributed by atoms with E-state index in [4.69, 9.17) is 16.3 Å². The Labute approximate surface area is 160 Å². The number of ether oxygens (including phenoxy) is 1. The van der Waals surface area contributed by atoms with Gasteiger partial charge in [-0.3, -0.25) is 14.9 Å². The summed E-state index contributed by atoms with van der Waals surface area (Å²) in [6.45, 7) is 3.95. The molecule has 2 aromatic rings. The Morgan fingerprint density at radius 2 is 1.93 bits per heavy atom. The fourth-order valence-electron chi connectivity index (χ4n) is 2.89. The molecule has 1 aromatic heterocycles. The lowest BCUT2D eigenvalue weighted by Crippen LogP contribution is -2.49. The quantitative estimate of drug-likeness (QED) is 0.582. The van der Waals surface area contributed by atoms with Gasteiger partial charge in [-0.15, -0.1) is 0 Å². The summed E-state index contributed by atoms with van der Waals surface area (Å²) in [4.78, 5) is 35.3. The SMILES string of the molecule is COc1cc(N2CCN(C(=O)c3ccc([N+](=O)[O-])cc3Cl)CC2)nc(C)n1. The van der Waals surface area contributed by atoms with Gasteiger partial charge in [0.1, 0.15) is 11.6 Å². The van der Waals surface area contributed by atoms with E-state index in [-0.39, 0.29) is 22.2 Å². The van der Waals surface area contributed by atoms with E-state index in [0.29, 0.717) is 37.9 Å². The van der Waals surface area contributed by atoms with Crippen molar-refractivity contribution < 1.29 is 14.5 Å². The molecule has 0 aliphatic carbocycles. The highest BCUT2D eigenvalue weighted by atomic mass is 35.5. The van der Waals surface area contributed by atoms with Gasteiger partial charge in [0.2, 0.25) is 5.88 Å². The van der Waals surface area contributed by atoms with Gasteiger partial charge in [-0.25, -0.2) is 4.98 Å². The van der Waals surface area contributed by atoms with Crippen LogP contribution >= 0.6 is 11.6 Å². The average molecular weight is 392 g/mol. The molecule has 0 saturated carbocycles. The zero-order chi connectivity index (χ0) is 19.6. The number of carbonyl (C=O) groups is 1. The largest absolute Gasteiger partial charge is 0.481 e. The van der Waals surface area contributed by atoms with Gasteiger partial charge in [-0.1, -0.05) is 11.6 Å². The molecule has 2 heterocycles. The third-order valence-corrected chi connectivity index (χ3v) is 4.61. The van der Waals surface area contributed by atoms with E-state index < -0.39 is 4.92 Å². The lowest BCUT2D eigenvalue weighted by molar-refractivity contribution is -0.384. The molecule has 0 atom stereocenters. The molecule has 0 unspecified atom stereocenters. The molecule has 1 aromatic carbocycles. The van der Waals surface area contributed by atoms with Crippen molar-refractivity contribution in [3.8, 4) is 5.88 Å². The van der Waals surface area contributed by atoms with E-state index in [0.717, 1.165) is 5.82 Å². The van der Waals surface area contributed by atoms with Gasteiger partial charge in [0.25, 0.3) is 11.6 Å². The first-order valence-electron chi connectivity index (χ1n) is 8.27. The van der Waals surface area contributed by atoms with Crippen molar-refractivity contribution in [3.05, 3.63) is 50.8 Å². The number of rotatable bonds is 4. The molecule has 1 fully saturated rings. The van der Waals surface area contributed by atoms with Gasteiger partial charge in [0.05, 0.1) is 22.6 Å². The van der Waals surface area contributed by atoms with Crippen LogP contribution in [0.2, 0.25) is 5.02 Å². The molecule has 0 bridgehead atoms. The summed E-state index contributed by atoms with van der Waals surface area (Å²) in [6.07, 6.45) is 0. The summed E-state index contributed by atoms with van der Waals surface area (Å²) in [6, 6.07) is 5.64. The molecule has 142 valence electrons. The highest BCUT2D eigenvalue weighted by Gasteiger charge is 2.25. The van der Waals surface area contributed by atoms with Gasteiger partial charge in [-0.05, 0) is 13.0 Å². The molecule has 3 rings (SSSR count). The summed E-state index contributed by atoms with van der Waals surface area (Å²) in [5.41, 5.74) is 0.115. The zero-order valence-corrected chi connectivity index (χ0v) is 15.6. The van der Waals surface area contributed by atoms with E-state index in [9.17, 15) is 14.9 Å². The maximum atomic E-state index is 12.7. The maximum absolute atomic E-state index is 12.7. The van der Waals surface area contributed by atoms with E-state index in [2.05, 4.69) is 14.9 Å². The number of nitro benzene ring substituents is 1. The standard InChI is InChI=1S/C17H18ClN5O4/c1-11-19-15(10-16(20-11)27-2)21-5-7-22(8-6-21)17(24)13-4-3-12(23(25)26)9-14(13)18/h3-4,9-10H,5-8H2,1-2H3. The number of non-ortho nitro benzene ring substituents is 1. The minimum absolute atomic E-state index is 0.0767. The molecular formula is C17H18ClN5O4. The Bertz CT molecular complexity index is 884. The first-order chi connectivity index (χ1) is 12.9. The summed E-state index contributed by atoms with van der Waals surface area (Å²) < 4.78 is 5.18. The summed E-state index contributed by atoms with van der Waals surface area (Å²) in [5.74, 6) is 1.61. The van der Waals surface area contributed by atoms with Crippen LogP contribution in [0.1, 0.15) is 16.2 Å². The molecule has 1 saturated heterocycles. The smallest absolute Gasteiger partial charge is 0.270 e. The Hall–Kier alpha value is -2.94. The molecule has 27 heavy (non-hydrogen) atoms. The Morgan fingerprint density at radius 1 is 1.22 bits per heavy atom. The first kappa shape index (κ1) is 18.8. The van der Waals surface area contributed by atoms with Crippen molar-refractivity contribution >= 4 is 29.0 Å². The molecule has 0 spiro atoms. The summed E-state index contributed by atoms with van der Waals surface area (Å²) in [5, 5.41) is 10.9. The monoisotopic (exact) mass is 391 g/mol. The molecule has 1 aliphatic rings. The summed E-state index contributed by atoms with van der Waals surface area (Å²) in [7, 11) is 1.55. The van der Waals surface area contributed by atoms with Crippen LogP contribution in [-0.2, 0) is 0 Å². The van der Waals surface area contributed by atoms with Gasteiger partial charge in [-0.2, -0.15) is 4.98 Å². The fourth-order valence-corrected chi connectivity index (χ4v) is 3.15. The lowest BCUT2D eigenvalue weighted by Gasteiger charge is -2.35. The molecule has 1 amide bonds. The number of methoxy groups -OCH3 is 1. The van der Waals surface area contributed by atoms with E-state index >= 15 is 0 Å². The van der Waals surface area contributed by atoms with Crippen LogP contribution in [-0.4, -0.2) is 59.0 Å². The number of aromatic nitrogens is 2. The Kier molecular flexibility index (Phi) is 5.41. The van der Waals surface area contributed by atoms with Gasteiger partial charge in [0, 0.05) is 44.4 Å². The van der Waals surface area contributed by atoms with Crippen molar-refractivity contribution in [2.75, 3.05) is 38.2 Å². The molecule has 10 heteroatoms. The number of piperazine rings is 1. The third-order valence-electron chi connectivity index (χ3n) is 4.29. The number of nitrogens with zero attached hydrogens (tertiary/aromatic N) is 5.